The van der Waals surface area contributed by atoms with Gasteiger partial charge in [-0.2, -0.15) is 0 Å². The fraction of sp³-hybridized carbons (Fsp3) is 0.611. The van der Waals surface area contributed by atoms with Crippen LogP contribution in [0.4, 0.5) is 4.79 Å². The molecule has 3 rings (SSSR count). The highest BCUT2D eigenvalue weighted by Gasteiger charge is 2.31. The van der Waals surface area contributed by atoms with Gasteiger partial charge in [-0.15, -0.1) is 0 Å². The summed E-state index contributed by atoms with van der Waals surface area (Å²) in [5.41, 5.74) is 2.87. The van der Waals surface area contributed by atoms with Crippen molar-refractivity contribution >= 4 is 6.03 Å². The molecule has 23 heavy (non-hydrogen) atoms. The average Bonchev–Trinajstić information content (AvgIpc) is 2.99. The number of fused-ring (bicyclic) bond motifs is 1. The van der Waals surface area contributed by atoms with E-state index in [1.165, 1.54) is 17.5 Å². The maximum absolute atomic E-state index is 11.9. The molecule has 2 amide bonds. The second-order valence-electron chi connectivity index (χ2n) is 6.21. The molecule has 1 aliphatic heterocycles. The van der Waals surface area contributed by atoms with Crippen molar-refractivity contribution in [3.8, 4) is 5.75 Å². The third-order valence-corrected chi connectivity index (χ3v) is 4.84. The molecular weight excluding hydrogens is 290 g/mol. The van der Waals surface area contributed by atoms with Gasteiger partial charge in [0.15, 0.2) is 0 Å². The highest BCUT2D eigenvalue weighted by molar-refractivity contribution is 5.74. The van der Waals surface area contributed by atoms with Gasteiger partial charge in [-0.05, 0) is 49.9 Å². The first-order valence-electron chi connectivity index (χ1n) is 8.75. The largest absolute Gasteiger partial charge is 0.494 e. The molecule has 5 heteroatoms. The summed E-state index contributed by atoms with van der Waals surface area (Å²) in [4.78, 5) is 16.4. The van der Waals surface area contributed by atoms with E-state index in [0.29, 0.717) is 19.2 Å². The van der Waals surface area contributed by atoms with Crippen molar-refractivity contribution in [2.24, 2.45) is 0 Å². The Morgan fingerprint density at radius 1 is 1.26 bits per heavy atom. The Balaban J connectivity index is 1.64. The summed E-state index contributed by atoms with van der Waals surface area (Å²) >= 11 is 0. The number of nitrogens with zero attached hydrogens (tertiary/aromatic N) is 2. The van der Waals surface area contributed by atoms with Crippen LogP contribution in [0.15, 0.2) is 18.2 Å². The van der Waals surface area contributed by atoms with E-state index in [1.807, 2.05) is 18.7 Å². The van der Waals surface area contributed by atoms with E-state index in [1.54, 1.807) is 0 Å². The lowest BCUT2D eigenvalue weighted by molar-refractivity contribution is 0.108. The van der Waals surface area contributed by atoms with E-state index in [9.17, 15) is 4.79 Å². The number of hydrogen-bond acceptors (Lipinski definition) is 3. The lowest BCUT2D eigenvalue weighted by Crippen LogP contribution is -2.52. The van der Waals surface area contributed by atoms with Crippen LogP contribution in [0, 0.1) is 0 Å². The van der Waals surface area contributed by atoms with E-state index < -0.39 is 0 Å². The third-order valence-electron chi connectivity index (χ3n) is 4.84. The van der Waals surface area contributed by atoms with Crippen molar-refractivity contribution in [3.05, 3.63) is 29.3 Å². The number of urea groups is 1. The van der Waals surface area contributed by atoms with Gasteiger partial charge < -0.3 is 15.0 Å². The molecule has 1 saturated heterocycles. The fourth-order valence-corrected chi connectivity index (χ4v) is 3.69. The zero-order valence-electron chi connectivity index (χ0n) is 14.2. The molecule has 0 aromatic heterocycles. The monoisotopic (exact) mass is 317 g/mol. The molecule has 1 N–H and O–H groups in total. The molecular formula is C18H27N3O2. The van der Waals surface area contributed by atoms with Crippen LogP contribution in [0.3, 0.4) is 0 Å². The van der Waals surface area contributed by atoms with Crippen molar-refractivity contribution in [2.45, 2.75) is 32.7 Å². The van der Waals surface area contributed by atoms with E-state index in [0.717, 1.165) is 38.3 Å². The first kappa shape index (κ1) is 16.1. The maximum atomic E-state index is 11.9. The number of ether oxygens (including phenoxy) is 1. The van der Waals surface area contributed by atoms with Crippen LogP contribution in [0.2, 0.25) is 0 Å². The summed E-state index contributed by atoms with van der Waals surface area (Å²) in [7, 11) is 0. The molecule has 0 bridgehead atoms. The zero-order chi connectivity index (χ0) is 16.2. The van der Waals surface area contributed by atoms with E-state index in [2.05, 4.69) is 28.4 Å². The van der Waals surface area contributed by atoms with Crippen LogP contribution in [-0.2, 0) is 6.42 Å². The van der Waals surface area contributed by atoms with Gasteiger partial charge in [-0.3, -0.25) is 4.90 Å². The van der Waals surface area contributed by atoms with Gasteiger partial charge in [0.1, 0.15) is 5.75 Å². The molecule has 1 fully saturated rings. The molecule has 0 spiro atoms. The molecule has 0 radical (unpaired) electrons. The van der Waals surface area contributed by atoms with Crippen LogP contribution < -0.4 is 10.1 Å². The first-order chi connectivity index (χ1) is 11.2. The molecule has 1 atom stereocenters. The van der Waals surface area contributed by atoms with Crippen molar-refractivity contribution in [1.82, 2.24) is 15.1 Å². The Kier molecular flexibility index (Phi) is 5.06. The molecule has 1 aromatic carbocycles. The molecule has 1 aliphatic carbocycles. The van der Waals surface area contributed by atoms with Gasteiger partial charge >= 0.3 is 6.03 Å². The van der Waals surface area contributed by atoms with Crippen LogP contribution in [-0.4, -0.2) is 55.2 Å². The minimum atomic E-state index is 0.0672. The number of benzene rings is 1. The smallest absolute Gasteiger partial charge is 0.317 e. The van der Waals surface area contributed by atoms with Crippen LogP contribution >= 0.6 is 0 Å². The topological polar surface area (TPSA) is 44.8 Å². The fourth-order valence-electron chi connectivity index (χ4n) is 3.69. The predicted molar refractivity (Wildman–Crippen MR) is 90.9 cm³/mol. The molecule has 2 aliphatic rings. The Morgan fingerprint density at radius 3 is 2.74 bits per heavy atom. The van der Waals surface area contributed by atoms with Crippen molar-refractivity contribution < 1.29 is 9.53 Å². The molecule has 0 saturated carbocycles. The summed E-state index contributed by atoms with van der Waals surface area (Å²) < 4.78 is 5.66. The summed E-state index contributed by atoms with van der Waals surface area (Å²) in [6.07, 6.45) is 2.31. The second-order valence-corrected chi connectivity index (χ2v) is 6.21. The molecule has 1 aromatic rings. The summed E-state index contributed by atoms with van der Waals surface area (Å²) in [5.74, 6) is 0.971. The number of nitrogens with one attached hydrogen (secondary N) is 1. The molecule has 5 nitrogen and oxygen atoms in total. The van der Waals surface area contributed by atoms with Crippen LogP contribution in [0.25, 0.3) is 0 Å². The molecule has 1 heterocycles. The maximum Gasteiger partial charge on any atom is 0.317 e. The van der Waals surface area contributed by atoms with E-state index in [4.69, 9.17) is 4.74 Å². The number of piperazine rings is 1. The van der Waals surface area contributed by atoms with Crippen molar-refractivity contribution in [2.75, 3.05) is 39.3 Å². The summed E-state index contributed by atoms with van der Waals surface area (Å²) in [6.45, 7) is 8.88. The Labute approximate surface area is 138 Å². The quantitative estimate of drug-likeness (QED) is 0.927. The van der Waals surface area contributed by atoms with Gasteiger partial charge in [0.05, 0.1) is 6.61 Å². The predicted octanol–water partition coefficient (Wildman–Crippen LogP) is 2.42. The van der Waals surface area contributed by atoms with E-state index >= 15 is 0 Å². The van der Waals surface area contributed by atoms with Gasteiger partial charge in [0.2, 0.25) is 0 Å². The number of amides is 2. The Hall–Kier alpha value is -1.75. The number of carbonyl (C=O) groups is 1. The SMILES string of the molecule is CCNC(=O)N1CCN(C2CCc3ccc(OCC)cc32)CC1. The zero-order valence-corrected chi connectivity index (χ0v) is 14.2. The normalized spacial score (nSPS) is 21.1. The van der Waals surface area contributed by atoms with Crippen LogP contribution in [0.5, 0.6) is 5.75 Å². The van der Waals surface area contributed by atoms with Crippen molar-refractivity contribution in [1.29, 1.82) is 0 Å². The summed E-state index contributed by atoms with van der Waals surface area (Å²) in [6, 6.07) is 7.05. The first-order valence-corrected chi connectivity index (χ1v) is 8.75. The average molecular weight is 317 g/mol. The highest BCUT2D eigenvalue weighted by Crippen LogP contribution is 2.38. The summed E-state index contributed by atoms with van der Waals surface area (Å²) in [5, 5.41) is 2.89. The lowest BCUT2D eigenvalue weighted by Gasteiger charge is -2.38. The van der Waals surface area contributed by atoms with Gasteiger partial charge in [-0.25, -0.2) is 4.79 Å². The Bertz CT molecular complexity index is 553. The van der Waals surface area contributed by atoms with Gasteiger partial charge in [0, 0.05) is 38.8 Å². The van der Waals surface area contributed by atoms with E-state index in [-0.39, 0.29) is 6.03 Å². The second kappa shape index (κ2) is 7.21. The minimum absolute atomic E-state index is 0.0672. The highest BCUT2D eigenvalue weighted by atomic mass is 16.5. The minimum Gasteiger partial charge on any atom is -0.494 e. The van der Waals surface area contributed by atoms with Gasteiger partial charge in [-0.1, -0.05) is 6.07 Å². The molecule has 1 unspecified atom stereocenters. The number of rotatable bonds is 4. The lowest BCUT2D eigenvalue weighted by atomic mass is 10.1. The van der Waals surface area contributed by atoms with Crippen molar-refractivity contribution in [3.63, 3.8) is 0 Å². The van der Waals surface area contributed by atoms with Crippen LogP contribution in [0.1, 0.15) is 37.4 Å². The third kappa shape index (κ3) is 3.44. The van der Waals surface area contributed by atoms with Gasteiger partial charge in [0.25, 0.3) is 0 Å². The standard InChI is InChI=1S/C18H27N3O2/c1-3-19-18(22)21-11-9-20(10-12-21)17-8-6-14-5-7-15(23-4-2)13-16(14)17/h5,7,13,17H,3-4,6,8-12H2,1-2H3,(H,19,22). The number of hydrogen-bond donors (Lipinski definition) is 1. The molecule has 126 valence electrons. The Morgan fingerprint density at radius 2 is 2.04 bits per heavy atom. The number of aryl methyl sites for hydroxylation is 1. The number of carbonyl (C=O) groups excluding carboxylic acids is 1.